The second-order valence-corrected chi connectivity index (χ2v) is 6.55. The monoisotopic (exact) mass is 365 g/mol. The van der Waals surface area contributed by atoms with E-state index < -0.39 is 0 Å². The number of hydrogen-bond donors (Lipinski definition) is 1. The van der Waals surface area contributed by atoms with Crippen LogP contribution >= 0.6 is 0 Å². The van der Waals surface area contributed by atoms with E-state index in [9.17, 15) is 4.79 Å². The lowest BCUT2D eigenvalue weighted by Gasteiger charge is -2.09. The molecule has 0 bridgehead atoms. The molecular formula is C24H19N3O. The minimum absolute atomic E-state index is 0.264. The molecule has 28 heavy (non-hydrogen) atoms. The molecule has 0 spiro atoms. The Balaban J connectivity index is 1.67. The molecule has 0 radical (unpaired) electrons. The fraction of sp³-hybridized carbons (Fsp3) is 0.0417. The van der Waals surface area contributed by atoms with Gasteiger partial charge in [0.2, 0.25) is 0 Å². The molecule has 0 unspecified atom stereocenters. The molecule has 136 valence electrons. The first-order chi connectivity index (χ1) is 13.7. The normalized spacial score (nSPS) is 11.0. The fourth-order valence-corrected chi connectivity index (χ4v) is 3.10. The van der Waals surface area contributed by atoms with Crippen molar-refractivity contribution in [2.24, 2.45) is 5.10 Å². The van der Waals surface area contributed by atoms with Gasteiger partial charge in [-0.1, -0.05) is 78.4 Å². The Labute approximate surface area is 163 Å². The first-order valence-corrected chi connectivity index (χ1v) is 9.06. The number of nitrogens with zero attached hydrogens (tertiary/aromatic N) is 2. The fourth-order valence-electron chi connectivity index (χ4n) is 3.10. The van der Waals surface area contributed by atoms with Gasteiger partial charge in [-0.15, -0.1) is 0 Å². The van der Waals surface area contributed by atoms with E-state index in [0.717, 1.165) is 33.3 Å². The Morgan fingerprint density at radius 3 is 2.54 bits per heavy atom. The van der Waals surface area contributed by atoms with Crippen molar-refractivity contribution in [1.29, 1.82) is 0 Å². The zero-order valence-electron chi connectivity index (χ0n) is 15.5. The third kappa shape index (κ3) is 3.81. The number of rotatable bonds is 4. The Morgan fingerprint density at radius 2 is 1.71 bits per heavy atom. The van der Waals surface area contributed by atoms with Gasteiger partial charge >= 0.3 is 0 Å². The molecule has 4 aromatic rings. The van der Waals surface area contributed by atoms with Crippen molar-refractivity contribution < 1.29 is 4.79 Å². The van der Waals surface area contributed by atoms with Crippen LogP contribution in [0.5, 0.6) is 0 Å². The number of pyridine rings is 1. The number of para-hydroxylation sites is 1. The Hall–Kier alpha value is -3.79. The average Bonchev–Trinajstić information content (AvgIpc) is 2.73. The van der Waals surface area contributed by atoms with E-state index in [0.29, 0.717) is 5.56 Å². The lowest BCUT2D eigenvalue weighted by atomic mass is 10.0. The van der Waals surface area contributed by atoms with Crippen molar-refractivity contribution in [1.82, 2.24) is 10.4 Å². The van der Waals surface area contributed by atoms with Gasteiger partial charge in [0, 0.05) is 10.9 Å². The lowest BCUT2D eigenvalue weighted by molar-refractivity contribution is 0.0957. The molecule has 1 amide bonds. The van der Waals surface area contributed by atoms with Crippen LogP contribution in [0.2, 0.25) is 0 Å². The molecule has 0 saturated carbocycles. The highest BCUT2D eigenvalue weighted by atomic mass is 16.2. The van der Waals surface area contributed by atoms with Gasteiger partial charge in [0.05, 0.1) is 23.0 Å². The van der Waals surface area contributed by atoms with Gasteiger partial charge < -0.3 is 0 Å². The smallest absolute Gasteiger partial charge is 0.267 e. The Bertz CT molecular complexity index is 1170. The molecule has 4 nitrogen and oxygen atoms in total. The number of aromatic nitrogens is 1. The standard InChI is InChI=1S/C24H19N3O/c1-17-8-7-9-18(14-17)16-25-27-24(28)21-15-23(19-10-3-2-4-11-19)26-22-13-6-5-12-20(21)22/h2-16H,1H3,(H,27,28). The van der Waals surface area contributed by atoms with Gasteiger partial charge in [0.15, 0.2) is 0 Å². The number of hydrogen-bond acceptors (Lipinski definition) is 3. The average molecular weight is 365 g/mol. The number of carbonyl (C=O) groups is 1. The molecule has 0 atom stereocenters. The predicted molar refractivity (Wildman–Crippen MR) is 113 cm³/mol. The van der Waals surface area contributed by atoms with Gasteiger partial charge in [-0.05, 0) is 24.6 Å². The van der Waals surface area contributed by atoms with Crippen LogP contribution in [0.1, 0.15) is 21.5 Å². The maximum Gasteiger partial charge on any atom is 0.272 e. The number of nitrogens with one attached hydrogen (secondary N) is 1. The molecule has 0 fully saturated rings. The van der Waals surface area contributed by atoms with Crippen LogP contribution in [0.3, 0.4) is 0 Å². The van der Waals surface area contributed by atoms with Crippen molar-refractivity contribution in [2.45, 2.75) is 6.92 Å². The minimum atomic E-state index is -0.264. The summed E-state index contributed by atoms with van der Waals surface area (Å²) < 4.78 is 0. The second kappa shape index (κ2) is 7.84. The predicted octanol–water partition coefficient (Wildman–Crippen LogP) is 4.97. The summed E-state index contributed by atoms with van der Waals surface area (Å²) in [7, 11) is 0. The van der Waals surface area contributed by atoms with E-state index >= 15 is 0 Å². The van der Waals surface area contributed by atoms with Crippen LogP contribution in [0.4, 0.5) is 0 Å². The number of fused-ring (bicyclic) bond motifs is 1. The third-order valence-electron chi connectivity index (χ3n) is 4.45. The van der Waals surface area contributed by atoms with E-state index in [1.165, 1.54) is 0 Å². The Kier molecular flexibility index (Phi) is 4.93. The van der Waals surface area contributed by atoms with Crippen LogP contribution in [0.25, 0.3) is 22.2 Å². The summed E-state index contributed by atoms with van der Waals surface area (Å²) in [5.74, 6) is -0.264. The second-order valence-electron chi connectivity index (χ2n) is 6.55. The zero-order valence-corrected chi connectivity index (χ0v) is 15.5. The van der Waals surface area contributed by atoms with Crippen molar-refractivity contribution in [3.63, 3.8) is 0 Å². The number of amides is 1. The van der Waals surface area contributed by atoms with Gasteiger partial charge in [0.1, 0.15) is 0 Å². The maximum absolute atomic E-state index is 12.8. The molecule has 1 heterocycles. The third-order valence-corrected chi connectivity index (χ3v) is 4.45. The molecule has 0 aliphatic heterocycles. The summed E-state index contributed by atoms with van der Waals surface area (Å²) in [6, 6.07) is 27.2. The lowest BCUT2D eigenvalue weighted by Crippen LogP contribution is -2.18. The highest BCUT2D eigenvalue weighted by Gasteiger charge is 2.13. The molecule has 0 saturated heterocycles. The van der Waals surface area contributed by atoms with Crippen LogP contribution in [-0.4, -0.2) is 17.1 Å². The number of hydrazone groups is 1. The van der Waals surface area contributed by atoms with E-state index in [2.05, 4.69) is 10.5 Å². The van der Waals surface area contributed by atoms with Crippen molar-refractivity contribution in [3.05, 3.63) is 102 Å². The summed E-state index contributed by atoms with van der Waals surface area (Å²) in [5.41, 5.74) is 7.76. The maximum atomic E-state index is 12.8. The van der Waals surface area contributed by atoms with E-state index in [-0.39, 0.29) is 5.91 Å². The summed E-state index contributed by atoms with van der Waals surface area (Å²) >= 11 is 0. The van der Waals surface area contributed by atoms with Gasteiger partial charge in [-0.25, -0.2) is 10.4 Å². The van der Waals surface area contributed by atoms with E-state index in [1.807, 2.05) is 91.9 Å². The van der Waals surface area contributed by atoms with Crippen LogP contribution < -0.4 is 5.43 Å². The molecule has 1 aromatic heterocycles. The Morgan fingerprint density at radius 1 is 0.929 bits per heavy atom. The number of aryl methyl sites for hydroxylation is 1. The van der Waals surface area contributed by atoms with Crippen LogP contribution in [-0.2, 0) is 0 Å². The quantitative estimate of drug-likeness (QED) is 0.410. The van der Waals surface area contributed by atoms with Gasteiger partial charge in [-0.2, -0.15) is 5.10 Å². The summed E-state index contributed by atoms with van der Waals surface area (Å²) in [4.78, 5) is 17.6. The van der Waals surface area contributed by atoms with E-state index in [4.69, 9.17) is 4.98 Å². The SMILES string of the molecule is Cc1cccc(C=NNC(=O)c2cc(-c3ccccc3)nc3ccccc23)c1. The molecule has 0 aliphatic carbocycles. The topological polar surface area (TPSA) is 54.4 Å². The molecule has 4 rings (SSSR count). The summed E-state index contributed by atoms with van der Waals surface area (Å²) in [6.07, 6.45) is 1.65. The van der Waals surface area contributed by atoms with Crippen molar-refractivity contribution >= 4 is 23.0 Å². The summed E-state index contributed by atoms with van der Waals surface area (Å²) in [5, 5.41) is 4.92. The largest absolute Gasteiger partial charge is 0.272 e. The molecule has 0 aliphatic rings. The first kappa shape index (κ1) is 17.6. The highest BCUT2D eigenvalue weighted by molar-refractivity contribution is 6.07. The molecule has 1 N–H and O–H groups in total. The van der Waals surface area contributed by atoms with Crippen LogP contribution in [0, 0.1) is 6.92 Å². The van der Waals surface area contributed by atoms with Crippen LogP contribution in [0.15, 0.2) is 90.0 Å². The zero-order chi connectivity index (χ0) is 19.3. The minimum Gasteiger partial charge on any atom is -0.267 e. The molecule has 3 aromatic carbocycles. The summed E-state index contributed by atoms with van der Waals surface area (Å²) in [6.45, 7) is 2.02. The number of carbonyl (C=O) groups excluding carboxylic acids is 1. The molecule has 4 heteroatoms. The van der Waals surface area contributed by atoms with Crippen molar-refractivity contribution in [2.75, 3.05) is 0 Å². The van der Waals surface area contributed by atoms with E-state index in [1.54, 1.807) is 6.21 Å². The molecular weight excluding hydrogens is 346 g/mol. The van der Waals surface area contributed by atoms with Gasteiger partial charge in [-0.3, -0.25) is 4.79 Å². The first-order valence-electron chi connectivity index (χ1n) is 9.06. The van der Waals surface area contributed by atoms with Gasteiger partial charge in [0.25, 0.3) is 5.91 Å². The number of benzene rings is 3. The van der Waals surface area contributed by atoms with Crippen molar-refractivity contribution in [3.8, 4) is 11.3 Å². The highest BCUT2D eigenvalue weighted by Crippen LogP contribution is 2.24.